The maximum Gasteiger partial charge on any atom is 0.431 e. The monoisotopic (exact) mass is 476 g/mol. The van der Waals surface area contributed by atoms with Gasteiger partial charge in [0.25, 0.3) is 18.1 Å². The van der Waals surface area contributed by atoms with Crippen LogP contribution < -0.4 is 0 Å². The van der Waals surface area contributed by atoms with E-state index in [0.717, 1.165) is 0 Å². The summed E-state index contributed by atoms with van der Waals surface area (Å²) in [6, 6.07) is 0. The molecule has 0 saturated heterocycles. The summed E-state index contributed by atoms with van der Waals surface area (Å²) in [6.07, 6.45) is -19.6. The third-order valence-corrected chi connectivity index (χ3v) is 5.05. The number of fused-ring (bicyclic) bond motifs is 2. The van der Waals surface area contributed by atoms with E-state index in [1.54, 1.807) is 6.08 Å². The number of halogens is 10. The molecule has 2 aliphatic rings. The van der Waals surface area contributed by atoms with Gasteiger partial charge in [-0.2, -0.15) is 35.1 Å². The van der Waals surface area contributed by atoms with E-state index in [1.165, 1.54) is 0 Å². The molecule has 31 heavy (non-hydrogen) atoms. The lowest BCUT2D eigenvalue weighted by atomic mass is 9.90. The molecule has 15 heteroatoms. The minimum Gasteiger partial charge on any atom is -0.453 e. The highest BCUT2D eigenvalue weighted by Crippen LogP contribution is 2.51. The number of allylic oxidation sites excluding steroid dienone is 2. The summed E-state index contributed by atoms with van der Waals surface area (Å²) < 4.78 is 137. The van der Waals surface area contributed by atoms with Gasteiger partial charge in [-0.15, -0.1) is 0 Å². The van der Waals surface area contributed by atoms with E-state index in [1.807, 2.05) is 6.08 Å². The highest BCUT2D eigenvalue weighted by molar-refractivity contribution is 5.78. The number of aliphatic hydroxyl groups is 1. The largest absolute Gasteiger partial charge is 0.453 e. The summed E-state index contributed by atoms with van der Waals surface area (Å²) in [5, 5.41) is 8.81. The van der Waals surface area contributed by atoms with Crippen LogP contribution in [0.4, 0.5) is 43.9 Å². The lowest BCUT2D eigenvalue weighted by Crippen LogP contribution is -2.70. The van der Waals surface area contributed by atoms with Crippen LogP contribution in [0.3, 0.4) is 0 Å². The fourth-order valence-corrected chi connectivity index (χ4v) is 3.46. The number of carbonyl (C=O) groups excluding carboxylic acids is 2. The molecule has 5 unspecified atom stereocenters. The van der Waals surface area contributed by atoms with Gasteiger partial charge in [-0.25, -0.2) is 13.6 Å². The smallest absolute Gasteiger partial charge is 0.431 e. The van der Waals surface area contributed by atoms with Crippen LogP contribution in [0, 0.1) is 17.8 Å². The average Bonchev–Trinajstić information content (AvgIpc) is 3.24. The molecule has 0 aromatic rings. The van der Waals surface area contributed by atoms with Gasteiger partial charge in [-0.1, -0.05) is 12.2 Å². The number of carbonyl (C=O) groups is 2. The Bertz CT molecular complexity index is 731. The van der Waals surface area contributed by atoms with Crippen molar-refractivity contribution in [1.29, 1.82) is 0 Å². The van der Waals surface area contributed by atoms with Crippen LogP contribution in [0.25, 0.3) is 0 Å². The summed E-state index contributed by atoms with van der Waals surface area (Å²) in [5.41, 5.74) is -6.49. The van der Waals surface area contributed by atoms with E-state index >= 15 is 0 Å². The quantitative estimate of drug-likeness (QED) is 0.347. The minimum atomic E-state index is -6.94. The summed E-state index contributed by atoms with van der Waals surface area (Å²) in [7, 11) is 0. The van der Waals surface area contributed by atoms with E-state index in [2.05, 4.69) is 9.47 Å². The van der Waals surface area contributed by atoms with Crippen LogP contribution in [0.15, 0.2) is 12.2 Å². The minimum absolute atomic E-state index is 0.0391. The Morgan fingerprint density at radius 3 is 1.97 bits per heavy atom. The maximum atomic E-state index is 13.9. The summed E-state index contributed by atoms with van der Waals surface area (Å²) in [5.74, 6) is -11.2. The molecule has 5 atom stereocenters. The molecule has 0 heterocycles. The van der Waals surface area contributed by atoms with Crippen molar-refractivity contribution in [2.45, 2.75) is 49.2 Å². The first kappa shape index (κ1) is 25.2. The SMILES string of the molecule is O=C(COC(=O)C1CC2C=CC1C2)OC(C(F)(F)F)C(F)(F)C(O)(C(F)F)C(F)(F)F. The van der Waals surface area contributed by atoms with Crippen molar-refractivity contribution in [3.63, 3.8) is 0 Å². The second-order valence-corrected chi connectivity index (χ2v) is 7.09. The van der Waals surface area contributed by atoms with Gasteiger partial charge < -0.3 is 14.6 Å². The topological polar surface area (TPSA) is 72.8 Å². The van der Waals surface area contributed by atoms with Gasteiger partial charge >= 0.3 is 30.2 Å². The van der Waals surface area contributed by atoms with E-state index in [9.17, 15) is 53.5 Å². The van der Waals surface area contributed by atoms with Crippen molar-refractivity contribution in [3.05, 3.63) is 12.2 Å². The molecule has 2 bridgehead atoms. The van der Waals surface area contributed by atoms with Gasteiger partial charge in [0.1, 0.15) is 0 Å². The first-order valence-electron chi connectivity index (χ1n) is 8.49. The maximum absolute atomic E-state index is 13.9. The Kier molecular flexibility index (Phi) is 6.61. The Balaban J connectivity index is 2.14. The van der Waals surface area contributed by atoms with Gasteiger partial charge in [-0.05, 0) is 24.7 Å². The number of alkyl halides is 10. The molecule has 1 saturated carbocycles. The van der Waals surface area contributed by atoms with E-state index in [-0.39, 0.29) is 11.8 Å². The zero-order valence-electron chi connectivity index (χ0n) is 15.0. The fraction of sp³-hybridized carbons (Fsp3) is 0.750. The number of rotatable bonds is 7. The van der Waals surface area contributed by atoms with Gasteiger partial charge in [0.2, 0.25) is 0 Å². The Morgan fingerprint density at radius 2 is 1.58 bits per heavy atom. The molecule has 5 nitrogen and oxygen atoms in total. The van der Waals surface area contributed by atoms with Crippen LogP contribution >= 0.6 is 0 Å². The number of hydrogen-bond acceptors (Lipinski definition) is 5. The molecule has 0 aromatic carbocycles. The molecule has 0 radical (unpaired) electrons. The van der Waals surface area contributed by atoms with Gasteiger partial charge in [-0.3, -0.25) is 4.79 Å². The fourth-order valence-electron chi connectivity index (χ4n) is 3.46. The van der Waals surface area contributed by atoms with Crippen LogP contribution in [0.5, 0.6) is 0 Å². The second-order valence-electron chi connectivity index (χ2n) is 7.09. The van der Waals surface area contributed by atoms with Crippen molar-refractivity contribution in [2.75, 3.05) is 6.61 Å². The lowest BCUT2D eigenvalue weighted by Gasteiger charge is -2.40. The Hall–Kier alpha value is -2.06. The van der Waals surface area contributed by atoms with Crippen molar-refractivity contribution in [3.8, 4) is 0 Å². The molecule has 0 spiro atoms. The Morgan fingerprint density at radius 1 is 1.00 bits per heavy atom. The predicted octanol–water partition coefficient (Wildman–Crippen LogP) is 3.41. The summed E-state index contributed by atoms with van der Waals surface area (Å²) in [6.45, 7) is -1.70. The molecule has 2 aliphatic carbocycles. The summed E-state index contributed by atoms with van der Waals surface area (Å²) in [4.78, 5) is 23.4. The van der Waals surface area contributed by atoms with Gasteiger partial charge in [0.15, 0.2) is 6.61 Å². The molecule has 2 rings (SSSR count). The normalized spacial score (nSPS) is 26.6. The summed E-state index contributed by atoms with van der Waals surface area (Å²) >= 11 is 0. The highest BCUT2D eigenvalue weighted by Gasteiger charge is 2.81. The van der Waals surface area contributed by atoms with Crippen molar-refractivity contribution in [2.24, 2.45) is 17.8 Å². The van der Waals surface area contributed by atoms with Crippen LogP contribution in [-0.2, 0) is 19.1 Å². The van der Waals surface area contributed by atoms with Gasteiger partial charge in [0.05, 0.1) is 5.92 Å². The van der Waals surface area contributed by atoms with Crippen molar-refractivity contribution >= 4 is 11.9 Å². The first-order chi connectivity index (χ1) is 13.9. The third-order valence-electron chi connectivity index (χ3n) is 5.05. The number of ether oxygens (including phenoxy) is 2. The van der Waals surface area contributed by atoms with Crippen molar-refractivity contribution < 1.29 is 68.1 Å². The average molecular weight is 476 g/mol. The molecule has 1 fully saturated rings. The standard InChI is InChI=1S/C16H14F10O5/c17-12(18)13(29,16(24,25)26)14(19,20)11(15(21,22)23)31-9(27)5-30-10(28)8-4-6-1-2-7(8)3-6/h1-2,6-8,11-12,29H,3-5H2. The molecule has 1 N–H and O–H groups in total. The molecular weight excluding hydrogens is 462 g/mol. The van der Waals surface area contributed by atoms with Crippen molar-refractivity contribution in [1.82, 2.24) is 0 Å². The second kappa shape index (κ2) is 8.13. The molecule has 178 valence electrons. The Labute approximate surface area is 167 Å². The zero-order valence-corrected chi connectivity index (χ0v) is 15.0. The highest BCUT2D eigenvalue weighted by atomic mass is 19.4. The molecule has 0 amide bonds. The third kappa shape index (κ3) is 4.60. The molecular formula is C16H14F10O5. The number of hydrogen-bond donors (Lipinski definition) is 1. The van der Waals surface area contributed by atoms with Crippen LogP contribution in [0.1, 0.15) is 12.8 Å². The number of esters is 2. The first-order valence-corrected chi connectivity index (χ1v) is 8.49. The zero-order chi connectivity index (χ0) is 24.0. The van der Waals surface area contributed by atoms with Gasteiger partial charge in [0, 0.05) is 0 Å². The molecule has 0 aliphatic heterocycles. The van der Waals surface area contributed by atoms with Crippen LogP contribution in [0.2, 0.25) is 0 Å². The van der Waals surface area contributed by atoms with E-state index in [0.29, 0.717) is 12.8 Å². The predicted molar refractivity (Wildman–Crippen MR) is 77.7 cm³/mol. The van der Waals surface area contributed by atoms with Crippen LogP contribution in [-0.4, -0.2) is 60.1 Å². The van der Waals surface area contributed by atoms with E-state index in [4.69, 9.17) is 5.11 Å². The lowest BCUT2D eigenvalue weighted by molar-refractivity contribution is -0.401. The molecule has 0 aromatic heterocycles. The van der Waals surface area contributed by atoms with E-state index < -0.39 is 60.9 Å².